The molecule has 3 spiro atoms. The maximum atomic E-state index is 14.2. The van der Waals surface area contributed by atoms with E-state index in [1.54, 1.807) is 12.2 Å². The van der Waals surface area contributed by atoms with Gasteiger partial charge in [-0.2, -0.15) is 0 Å². The third-order valence-corrected chi connectivity index (χ3v) is 13.6. The minimum atomic E-state index is -0.449. The maximum Gasteiger partial charge on any atom is 0.233 e. The maximum absolute atomic E-state index is 14.2. The molecule has 5 unspecified atom stereocenters. The first-order valence-electron chi connectivity index (χ1n) is 14.9. The smallest absolute Gasteiger partial charge is 0.233 e. The number of hydrogen-bond donors (Lipinski definition) is 1. The molecule has 2 aliphatic heterocycles. The summed E-state index contributed by atoms with van der Waals surface area (Å²) in [7, 11) is 0. The van der Waals surface area contributed by atoms with Crippen LogP contribution in [-0.4, -0.2) is 51.3 Å². The summed E-state index contributed by atoms with van der Waals surface area (Å²) >= 11 is 0. The fourth-order valence-electron chi connectivity index (χ4n) is 11.7. The van der Waals surface area contributed by atoms with Gasteiger partial charge in [0, 0.05) is 64.7 Å². The van der Waals surface area contributed by atoms with Gasteiger partial charge in [-0.3, -0.25) is 19.2 Å². The topological polar surface area (TPSA) is 90.6 Å². The number of ketones is 2. The molecule has 11 rings (SSSR count). The quantitative estimate of drug-likeness (QED) is 0.631. The van der Waals surface area contributed by atoms with E-state index in [9.17, 15) is 19.2 Å². The summed E-state index contributed by atoms with van der Waals surface area (Å²) in [6, 6.07) is 0. The van der Waals surface area contributed by atoms with Crippen LogP contribution >= 0.6 is 0 Å². The highest BCUT2D eigenvalue weighted by molar-refractivity contribution is 6.11. The van der Waals surface area contributed by atoms with Crippen LogP contribution < -0.4 is 0 Å². The van der Waals surface area contributed by atoms with E-state index in [2.05, 4.69) is 18.0 Å². The van der Waals surface area contributed by atoms with Crippen molar-refractivity contribution in [1.29, 1.82) is 0 Å². The molecule has 200 valence electrons. The lowest BCUT2D eigenvalue weighted by Gasteiger charge is -2.39. The Morgan fingerprint density at radius 1 is 0.875 bits per heavy atom. The van der Waals surface area contributed by atoms with E-state index in [0.717, 1.165) is 60.2 Å². The van der Waals surface area contributed by atoms with Crippen molar-refractivity contribution < 1.29 is 19.2 Å². The number of likely N-dealkylation sites (tertiary alicyclic amines) is 2. The van der Waals surface area contributed by atoms with Crippen LogP contribution in [0.25, 0.3) is 0 Å². The molecule has 1 aromatic heterocycles. The number of H-pyrrole nitrogens is 1. The monoisotopic (exact) mass is 531 g/mol. The summed E-state index contributed by atoms with van der Waals surface area (Å²) in [6.07, 6.45) is 12.5. The number of piperidine rings is 2. The van der Waals surface area contributed by atoms with Crippen LogP contribution in [0.15, 0.2) is 52.5 Å². The molecule has 8 aliphatic carbocycles. The molecular formula is C33H29N3O4. The van der Waals surface area contributed by atoms with Crippen LogP contribution in [-0.2, 0) is 19.8 Å². The van der Waals surface area contributed by atoms with Gasteiger partial charge in [-0.1, -0.05) is 11.6 Å². The first-order chi connectivity index (χ1) is 19.2. The van der Waals surface area contributed by atoms with E-state index < -0.39 is 10.8 Å². The van der Waals surface area contributed by atoms with E-state index in [1.165, 1.54) is 11.1 Å². The molecule has 0 bridgehead atoms. The fourth-order valence-corrected chi connectivity index (χ4v) is 11.7. The summed E-state index contributed by atoms with van der Waals surface area (Å²) in [5.41, 5.74) is 6.67. The Labute approximate surface area is 231 Å². The van der Waals surface area contributed by atoms with Gasteiger partial charge in [-0.15, -0.1) is 0 Å². The van der Waals surface area contributed by atoms with Crippen LogP contribution in [0.5, 0.6) is 0 Å². The number of hydrogen-bond acceptors (Lipinski definition) is 4. The average molecular weight is 532 g/mol. The van der Waals surface area contributed by atoms with Crippen LogP contribution in [0.3, 0.4) is 0 Å². The van der Waals surface area contributed by atoms with Crippen molar-refractivity contribution in [3.8, 4) is 0 Å². The highest BCUT2D eigenvalue weighted by Crippen LogP contribution is 3.01. The van der Waals surface area contributed by atoms with Crippen LogP contribution in [0.4, 0.5) is 0 Å². The number of nitrogens with one attached hydrogen (secondary N) is 1. The molecule has 2 saturated heterocycles. The lowest BCUT2D eigenvalue weighted by molar-refractivity contribution is -0.146. The summed E-state index contributed by atoms with van der Waals surface area (Å²) in [5, 5.41) is 0. The third-order valence-electron chi connectivity index (χ3n) is 13.6. The van der Waals surface area contributed by atoms with E-state index in [-0.39, 0.29) is 39.6 Å². The molecule has 10 aliphatic rings. The number of aromatic nitrogens is 1. The van der Waals surface area contributed by atoms with Crippen molar-refractivity contribution >= 4 is 23.4 Å². The van der Waals surface area contributed by atoms with Crippen molar-refractivity contribution in [2.24, 2.45) is 33.5 Å². The Morgan fingerprint density at radius 3 is 2.20 bits per heavy atom. The number of nitrogens with zero attached hydrogens (tertiary/aromatic N) is 2. The summed E-state index contributed by atoms with van der Waals surface area (Å²) in [5.74, 6) is 1.11. The average Bonchev–Trinajstić information content (AvgIpc) is 3.84. The standard InChI is InChI=1S/C33H29N3O4/c1-15-3-4-19-20(37)5-22-32(24(15)19)7-17(32)10-35(22)27(39)29-12-30(14-31(29,30)13-29)28(40)36-11-18-8-33(18)23(36)6-21(38)26-25(33)16(2)9-34-26/h3,5-6,9,17-18,34H,4,7-8,10-14H2,1-2H3/t17-,18-,29?,30?,31?,32?,33?/m1/s1. The van der Waals surface area contributed by atoms with Crippen LogP contribution in [0.1, 0.15) is 67.1 Å². The van der Waals surface area contributed by atoms with Crippen molar-refractivity contribution in [2.45, 2.75) is 57.8 Å². The highest BCUT2D eigenvalue weighted by Gasteiger charge is 3.02. The van der Waals surface area contributed by atoms with Crippen LogP contribution in [0, 0.1) is 40.4 Å². The molecule has 5 saturated carbocycles. The van der Waals surface area contributed by atoms with Gasteiger partial charge in [0.05, 0.1) is 16.5 Å². The molecular weight excluding hydrogens is 502 g/mol. The van der Waals surface area contributed by atoms with Gasteiger partial charge in [-0.05, 0) is 80.9 Å². The zero-order chi connectivity index (χ0) is 26.9. The van der Waals surface area contributed by atoms with Crippen LogP contribution in [0.2, 0.25) is 0 Å². The molecule has 7 fully saturated rings. The Balaban J connectivity index is 0.892. The fraction of sp³-hybridized carbons (Fsp3) is 0.515. The minimum Gasteiger partial charge on any atom is -0.358 e. The summed E-state index contributed by atoms with van der Waals surface area (Å²) < 4.78 is 0. The Kier molecular flexibility index (Phi) is 2.94. The van der Waals surface area contributed by atoms with Crippen molar-refractivity contribution in [2.75, 3.05) is 13.1 Å². The summed E-state index contributed by atoms with van der Waals surface area (Å²) in [6.45, 7) is 5.53. The second-order valence-corrected chi connectivity index (χ2v) is 14.8. The largest absolute Gasteiger partial charge is 0.358 e. The molecule has 3 heterocycles. The highest BCUT2D eigenvalue weighted by atomic mass is 16.2. The van der Waals surface area contributed by atoms with E-state index in [0.29, 0.717) is 37.0 Å². The van der Waals surface area contributed by atoms with Crippen molar-refractivity contribution in [1.82, 2.24) is 14.8 Å². The van der Waals surface area contributed by atoms with Gasteiger partial charge < -0.3 is 14.8 Å². The number of allylic oxidation sites excluding steroid dienone is 7. The number of rotatable bonds is 2. The molecule has 1 aromatic rings. The van der Waals surface area contributed by atoms with E-state index in [4.69, 9.17) is 0 Å². The number of aryl methyl sites for hydroxylation is 1. The van der Waals surface area contributed by atoms with Gasteiger partial charge in [0.1, 0.15) is 0 Å². The first-order valence-corrected chi connectivity index (χ1v) is 14.9. The molecule has 1 N–H and O–H groups in total. The zero-order valence-electron chi connectivity index (χ0n) is 22.6. The van der Waals surface area contributed by atoms with Gasteiger partial charge in [0.2, 0.25) is 17.6 Å². The molecule has 0 radical (unpaired) electrons. The lowest BCUT2D eigenvalue weighted by Crippen LogP contribution is -2.49. The molecule has 40 heavy (non-hydrogen) atoms. The predicted molar refractivity (Wildman–Crippen MR) is 141 cm³/mol. The Morgan fingerprint density at radius 2 is 1.50 bits per heavy atom. The molecule has 7 nitrogen and oxygen atoms in total. The second-order valence-electron chi connectivity index (χ2n) is 14.8. The first kappa shape index (κ1) is 21.3. The van der Waals surface area contributed by atoms with Gasteiger partial charge in [0.15, 0.2) is 5.78 Å². The van der Waals surface area contributed by atoms with Gasteiger partial charge in [-0.25, -0.2) is 0 Å². The number of carbonyl (C=O) groups excluding carboxylic acids is 4. The normalized spacial score (nSPS) is 46.5. The van der Waals surface area contributed by atoms with E-state index >= 15 is 0 Å². The SMILES string of the molecule is CC1=CCC2=C1C13C[C@@H]1CN(C(=O)C14CC5(C(=O)N6C[C@H]7CC78C6=CC(=O)c6[nH]cc(C)c68)CC15C4)C3=CC2=O. The van der Waals surface area contributed by atoms with Crippen molar-refractivity contribution in [3.05, 3.63) is 69.4 Å². The molecule has 2 amide bonds. The molecule has 0 aromatic carbocycles. The number of aromatic amines is 1. The number of fused-ring (bicyclic) bond motifs is 1. The number of carbonyl (C=O) groups is 4. The van der Waals surface area contributed by atoms with Gasteiger partial charge >= 0.3 is 0 Å². The number of amides is 2. The second kappa shape index (κ2) is 5.53. The van der Waals surface area contributed by atoms with E-state index in [1.807, 2.05) is 22.9 Å². The predicted octanol–water partition coefficient (Wildman–Crippen LogP) is 3.64. The van der Waals surface area contributed by atoms with Gasteiger partial charge in [0.25, 0.3) is 0 Å². The Bertz CT molecular complexity index is 1820. The zero-order valence-corrected chi connectivity index (χ0v) is 22.6. The minimum absolute atomic E-state index is 0.0379. The molecule has 7 heteroatoms. The third kappa shape index (κ3) is 1.76. The van der Waals surface area contributed by atoms with Crippen molar-refractivity contribution in [3.63, 3.8) is 0 Å². The summed E-state index contributed by atoms with van der Waals surface area (Å²) in [4.78, 5) is 61.6. The lowest BCUT2D eigenvalue weighted by atomic mass is 9.72. The Hall–Kier alpha value is -3.48. The molecule has 7 atom stereocenters.